The van der Waals surface area contributed by atoms with Crippen LogP contribution >= 0.6 is 0 Å². The van der Waals surface area contributed by atoms with Gasteiger partial charge in [0.25, 0.3) is 0 Å². The Balaban J connectivity index is 2.00. The molecule has 0 radical (unpaired) electrons. The van der Waals surface area contributed by atoms with Gasteiger partial charge in [-0.25, -0.2) is 4.98 Å². The lowest BCUT2D eigenvalue weighted by atomic mass is 9.98. The lowest BCUT2D eigenvalue weighted by Crippen LogP contribution is -2.38. The number of carbonyl (C=O) groups excluding carboxylic acids is 1. The monoisotopic (exact) mass is 264 g/mol. The summed E-state index contributed by atoms with van der Waals surface area (Å²) in [6.07, 6.45) is 3.64. The van der Waals surface area contributed by atoms with Crippen molar-refractivity contribution >= 4 is 5.97 Å². The van der Waals surface area contributed by atoms with Crippen molar-refractivity contribution < 1.29 is 14.3 Å². The maximum absolute atomic E-state index is 11.6. The van der Waals surface area contributed by atoms with Crippen LogP contribution in [-0.4, -0.2) is 43.2 Å². The summed E-state index contributed by atoms with van der Waals surface area (Å²) in [4.78, 5) is 18.0. The summed E-state index contributed by atoms with van der Waals surface area (Å²) in [5, 5.41) is 0. The van der Waals surface area contributed by atoms with E-state index in [1.165, 1.54) is 7.11 Å². The predicted molar refractivity (Wildman–Crippen MR) is 70.8 cm³/mol. The Morgan fingerprint density at radius 3 is 3.11 bits per heavy atom. The van der Waals surface area contributed by atoms with E-state index in [0.29, 0.717) is 5.88 Å². The first kappa shape index (κ1) is 13.8. The van der Waals surface area contributed by atoms with E-state index in [0.717, 1.165) is 38.0 Å². The molecule has 0 aliphatic carbocycles. The number of aromatic nitrogens is 1. The van der Waals surface area contributed by atoms with Crippen molar-refractivity contribution in [3.05, 3.63) is 23.9 Å². The zero-order valence-corrected chi connectivity index (χ0v) is 11.5. The van der Waals surface area contributed by atoms with Gasteiger partial charge in [0.1, 0.15) is 0 Å². The Labute approximate surface area is 113 Å². The van der Waals surface area contributed by atoms with E-state index in [1.807, 2.05) is 12.1 Å². The SMILES string of the molecule is COC(=O)[C@H]1CCCN(Cc2cccnc2OC)C1. The summed E-state index contributed by atoms with van der Waals surface area (Å²) >= 11 is 0. The van der Waals surface area contributed by atoms with Crippen molar-refractivity contribution in [2.75, 3.05) is 27.3 Å². The van der Waals surface area contributed by atoms with E-state index in [1.54, 1.807) is 13.3 Å². The van der Waals surface area contributed by atoms with Crippen LogP contribution in [0, 0.1) is 5.92 Å². The van der Waals surface area contributed by atoms with Crippen LogP contribution in [0.15, 0.2) is 18.3 Å². The summed E-state index contributed by atoms with van der Waals surface area (Å²) < 4.78 is 10.1. The highest BCUT2D eigenvalue weighted by atomic mass is 16.5. The fraction of sp³-hybridized carbons (Fsp3) is 0.571. The Hall–Kier alpha value is -1.62. The number of pyridine rings is 1. The molecule has 0 N–H and O–H groups in total. The van der Waals surface area contributed by atoms with Crippen LogP contribution in [0.5, 0.6) is 5.88 Å². The minimum atomic E-state index is -0.108. The van der Waals surface area contributed by atoms with Crippen LogP contribution in [0.1, 0.15) is 18.4 Å². The van der Waals surface area contributed by atoms with Gasteiger partial charge in [0.2, 0.25) is 5.88 Å². The largest absolute Gasteiger partial charge is 0.481 e. The topological polar surface area (TPSA) is 51.7 Å². The van der Waals surface area contributed by atoms with E-state index in [-0.39, 0.29) is 11.9 Å². The molecule has 1 atom stereocenters. The average Bonchev–Trinajstić information content (AvgIpc) is 2.47. The maximum atomic E-state index is 11.6. The Morgan fingerprint density at radius 2 is 2.37 bits per heavy atom. The third kappa shape index (κ3) is 3.44. The van der Waals surface area contributed by atoms with Gasteiger partial charge in [-0.05, 0) is 25.5 Å². The first-order chi connectivity index (χ1) is 9.24. The molecule has 1 aromatic heterocycles. The van der Waals surface area contributed by atoms with Gasteiger partial charge in [-0.15, -0.1) is 0 Å². The van der Waals surface area contributed by atoms with Gasteiger partial charge >= 0.3 is 5.97 Å². The molecule has 0 bridgehead atoms. The zero-order chi connectivity index (χ0) is 13.7. The molecule has 0 unspecified atom stereocenters. The quantitative estimate of drug-likeness (QED) is 0.771. The van der Waals surface area contributed by atoms with E-state index in [9.17, 15) is 4.79 Å². The van der Waals surface area contributed by atoms with E-state index < -0.39 is 0 Å². The molecule has 1 aromatic rings. The molecule has 2 heterocycles. The molecule has 5 heteroatoms. The minimum Gasteiger partial charge on any atom is -0.481 e. The Bertz CT molecular complexity index is 436. The van der Waals surface area contributed by atoms with Crippen LogP contribution < -0.4 is 4.74 Å². The van der Waals surface area contributed by atoms with Crippen LogP contribution in [0.2, 0.25) is 0 Å². The summed E-state index contributed by atoms with van der Waals surface area (Å²) in [5.41, 5.74) is 1.05. The van der Waals surface area contributed by atoms with Crippen LogP contribution in [0.4, 0.5) is 0 Å². The molecule has 104 valence electrons. The Morgan fingerprint density at radius 1 is 1.53 bits per heavy atom. The lowest BCUT2D eigenvalue weighted by molar-refractivity contribution is -0.147. The summed E-state index contributed by atoms with van der Waals surface area (Å²) in [5.74, 6) is 0.534. The van der Waals surface area contributed by atoms with Crippen LogP contribution in [0.3, 0.4) is 0 Å². The van der Waals surface area contributed by atoms with Gasteiger partial charge in [-0.2, -0.15) is 0 Å². The number of ether oxygens (including phenoxy) is 2. The number of esters is 1. The van der Waals surface area contributed by atoms with Gasteiger partial charge in [0.05, 0.1) is 20.1 Å². The van der Waals surface area contributed by atoms with Crippen LogP contribution in [-0.2, 0) is 16.1 Å². The van der Waals surface area contributed by atoms with Crippen molar-refractivity contribution in [3.63, 3.8) is 0 Å². The minimum absolute atomic E-state index is 0.0126. The molecule has 0 saturated carbocycles. The molecule has 19 heavy (non-hydrogen) atoms. The molecule has 0 amide bonds. The third-order valence-corrected chi connectivity index (χ3v) is 3.48. The first-order valence-electron chi connectivity index (χ1n) is 6.52. The molecule has 0 aromatic carbocycles. The highest BCUT2D eigenvalue weighted by Gasteiger charge is 2.26. The van der Waals surface area contributed by atoms with Crippen molar-refractivity contribution in [3.8, 4) is 5.88 Å². The highest BCUT2D eigenvalue weighted by Crippen LogP contribution is 2.22. The third-order valence-electron chi connectivity index (χ3n) is 3.48. The molecular weight excluding hydrogens is 244 g/mol. The number of nitrogens with zero attached hydrogens (tertiary/aromatic N) is 2. The molecule has 0 spiro atoms. The van der Waals surface area contributed by atoms with E-state index in [4.69, 9.17) is 9.47 Å². The molecule has 1 aliphatic rings. The number of likely N-dealkylation sites (tertiary alicyclic amines) is 1. The van der Waals surface area contributed by atoms with E-state index in [2.05, 4.69) is 9.88 Å². The smallest absolute Gasteiger partial charge is 0.309 e. The molecular formula is C14H20N2O3. The Kier molecular flexibility index (Phi) is 4.74. The second kappa shape index (κ2) is 6.52. The van der Waals surface area contributed by atoms with Gasteiger partial charge < -0.3 is 9.47 Å². The number of carbonyl (C=O) groups is 1. The van der Waals surface area contributed by atoms with Crippen molar-refractivity contribution in [2.45, 2.75) is 19.4 Å². The van der Waals surface area contributed by atoms with Crippen LogP contribution in [0.25, 0.3) is 0 Å². The van der Waals surface area contributed by atoms with Crippen molar-refractivity contribution in [2.24, 2.45) is 5.92 Å². The summed E-state index contributed by atoms with van der Waals surface area (Å²) in [7, 11) is 3.07. The highest BCUT2D eigenvalue weighted by molar-refractivity contribution is 5.72. The normalized spacial score (nSPS) is 20.0. The van der Waals surface area contributed by atoms with Gasteiger partial charge in [0.15, 0.2) is 0 Å². The van der Waals surface area contributed by atoms with Gasteiger partial charge in [-0.3, -0.25) is 9.69 Å². The van der Waals surface area contributed by atoms with Crippen molar-refractivity contribution in [1.29, 1.82) is 0 Å². The molecule has 1 fully saturated rings. The second-order valence-corrected chi connectivity index (χ2v) is 4.77. The number of hydrogen-bond acceptors (Lipinski definition) is 5. The predicted octanol–water partition coefficient (Wildman–Crippen LogP) is 1.48. The average molecular weight is 264 g/mol. The zero-order valence-electron chi connectivity index (χ0n) is 11.5. The summed E-state index contributed by atoms with van der Waals surface area (Å²) in [6.45, 7) is 2.49. The van der Waals surface area contributed by atoms with Gasteiger partial charge in [0, 0.05) is 24.8 Å². The number of piperidine rings is 1. The maximum Gasteiger partial charge on any atom is 0.309 e. The molecule has 2 rings (SSSR count). The molecule has 1 saturated heterocycles. The molecule has 5 nitrogen and oxygen atoms in total. The van der Waals surface area contributed by atoms with Crippen molar-refractivity contribution in [1.82, 2.24) is 9.88 Å². The fourth-order valence-electron chi connectivity index (χ4n) is 2.53. The van der Waals surface area contributed by atoms with Gasteiger partial charge in [-0.1, -0.05) is 6.07 Å². The fourth-order valence-corrected chi connectivity index (χ4v) is 2.53. The lowest BCUT2D eigenvalue weighted by Gasteiger charge is -2.31. The second-order valence-electron chi connectivity index (χ2n) is 4.77. The van der Waals surface area contributed by atoms with E-state index >= 15 is 0 Å². The first-order valence-corrected chi connectivity index (χ1v) is 6.52. The molecule has 1 aliphatic heterocycles. The number of rotatable bonds is 4. The number of methoxy groups -OCH3 is 2. The summed E-state index contributed by atoms with van der Waals surface area (Å²) in [6, 6.07) is 3.91. The number of hydrogen-bond donors (Lipinski definition) is 0. The standard InChI is InChI=1S/C14H20N2O3/c1-18-13-11(5-3-7-15-13)9-16-8-4-6-12(10-16)14(17)19-2/h3,5,7,12H,4,6,8-10H2,1-2H3/t12-/m0/s1.